The van der Waals surface area contributed by atoms with E-state index in [0.717, 1.165) is 0 Å². The fourth-order valence-electron chi connectivity index (χ4n) is 0.836. The van der Waals surface area contributed by atoms with Crippen molar-refractivity contribution in [3.63, 3.8) is 0 Å². The fraction of sp³-hybridized carbons (Fsp3) is 0.333. The summed E-state index contributed by atoms with van der Waals surface area (Å²) in [6.45, 7) is 2.72. The summed E-state index contributed by atoms with van der Waals surface area (Å²) in [5.41, 5.74) is 0. The minimum atomic E-state index is -4.26. The summed E-state index contributed by atoms with van der Waals surface area (Å²) < 4.78 is 16.2. The van der Waals surface area contributed by atoms with Gasteiger partial charge in [-0.2, -0.15) is 0 Å². The molecule has 0 saturated heterocycles. The van der Waals surface area contributed by atoms with Crippen LogP contribution in [-0.2, 0) is 4.57 Å². The van der Waals surface area contributed by atoms with Crippen molar-refractivity contribution in [3.05, 3.63) is 30.3 Å². The first-order valence-electron chi connectivity index (χ1n) is 4.13. The Bertz CT molecular complexity index is 341. The van der Waals surface area contributed by atoms with E-state index in [1.54, 1.807) is 30.3 Å². The molecule has 2 N–H and O–H groups in total. The van der Waals surface area contributed by atoms with Crippen molar-refractivity contribution in [1.82, 2.24) is 0 Å². The van der Waals surface area contributed by atoms with Crippen molar-refractivity contribution >= 4 is 7.60 Å². The number of hydrogen-bond acceptors (Lipinski definition) is 2. The van der Waals surface area contributed by atoms with Crippen molar-refractivity contribution in [1.29, 1.82) is 0 Å². The van der Waals surface area contributed by atoms with Gasteiger partial charge in [-0.25, -0.2) is 0 Å². The van der Waals surface area contributed by atoms with Gasteiger partial charge < -0.3 is 14.5 Å². The molecule has 0 atom stereocenters. The highest BCUT2D eigenvalue weighted by atomic mass is 31.2. The van der Waals surface area contributed by atoms with Gasteiger partial charge in [-0.05, 0) is 26.0 Å². The zero-order chi connectivity index (χ0) is 10.8. The first-order chi connectivity index (χ1) is 6.33. The molecule has 14 heavy (non-hydrogen) atoms. The minimum Gasteiger partial charge on any atom is -0.475 e. The lowest BCUT2D eigenvalue weighted by molar-refractivity contribution is 0.151. The van der Waals surface area contributed by atoms with Crippen LogP contribution in [0.3, 0.4) is 0 Å². The lowest BCUT2D eigenvalue weighted by Crippen LogP contribution is -2.27. The predicted molar refractivity (Wildman–Crippen MR) is 53.2 cm³/mol. The molecule has 1 aromatic rings. The quantitative estimate of drug-likeness (QED) is 0.758. The van der Waals surface area contributed by atoms with Crippen LogP contribution in [0.4, 0.5) is 0 Å². The predicted octanol–water partition coefficient (Wildman–Crippen LogP) is 1.98. The molecule has 0 aliphatic rings. The highest BCUT2D eigenvalue weighted by Gasteiger charge is 2.40. The second-order valence-electron chi connectivity index (χ2n) is 3.41. The minimum absolute atomic E-state index is 0.445. The Morgan fingerprint density at radius 1 is 1.21 bits per heavy atom. The Kier molecular flexibility index (Phi) is 3.00. The molecule has 0 aliphatic carbocycles. The molecule has 0 saturated carbocycles. The van der Waals surface area contributed by atoms with E-state index in [4.69, 9.17) is 14.5 Å². The monoisotopic (exact) mass is 216 g/mol. The third-order valence-electron chi connectivity index (χ3n) is 1.81. The second kappa shape index (κ2) is 3.73. The highest BCUT2D eigenvalue weighted by Crippen LogP contribution is 2.50. The SMILES string of the molecule is CC(C)(Oc1ccccc1)P(=O)(O)O. The normalized spacial score (nSPS) is 12.6. The molecule has 1 aromatic carbocycles. The van der Waals surface area contributed by atoms with Crippen molar-refractivity contribution in [2.24, 2.45) is 0 Å². The third kappa shape index (κ3) is 2.58. The molecular weight excluding hydrogens is 203 g/mol. The average Bonchev–Trinajstić information content (AvgIpc) is 2.03. The summed E-state index contributed by atoms with van der Waals surface area (Å²) in [5.74, 6) is 0.445. The molecule has 0 heterocycles. The Morgan fingerprint density at radius 2 is 1.71 bits per heavy atom. The largest absolute Gasteiger partial charge is 0.475 e. The maximum Gasteiger partial charge on any atom is 0.368 e. The van der Waals surface area contributed by atoms with Crippen LogP contribution in [0.15, 0.2) is 30.3 Å². The lowest BCUT2D eigenvalue weighted by Gasteiger charge is -2.26. The van der Waals surface area contributed by atoms with Crippen molar-refractivity contribution < 1.29 is 19.1 Å². The molecular formula is C9H13O4P. The Balaban J connectivity index is 2.85. The van der Waals surface area contributed by atoms with Gasteiger partial charge in [-0.1, -0.05) is 18.2 Å². The number of rotatable bonds is 3. The smallest absolute Gasteiger partial charge is 0.368 e. The van der Waals surface area contributed by atoms with Crippen LogP contribution in [0.5, 0.6) is 5.75 Å². The van der Waals surface area contributed by atoms with Crippen LogP contribution < -0.4 is 4.74 Å². The number of hydrogen-bond donors (Lipinski definition) is 2. The first-order valence-corrected chi connectivity index (χ1v) is 5.74. The topological polar surface area (TPSA) is 66.8 Å². The molecule has 1 rings (SSSR count). The fourth-order valence-corrected chi connectivity index (χ4v) is 1.06. The van der Waals surface area contributed by atoms with Gasteiger partial charge in [0.05, 0.1) is 0 Å². The van der Waals surface area contributed by atoms with Gasteiger partial charge in [-0.3, -0.25) is 4.57 Å². The molecule has 78 valence electrons. The summed E-state index contributed by atoms with van der Waals surface area (Å²) in [7, 11) is -4.26. The third-order valence-corrected chi connectivity index (χ3v) is 3.31. The van der Waals surface area contributed by atoms with E-state index in [9.17, 15) is 4.57 Å². The van der Waals surface area contributed by atoms with Crippen LogP contribution in [-0.4, -0.2) is 15.1 Å². The van der Waals surface area contributed by atoms with Crippen molar-refractivity contribution in [3.8, 4) is 5.75 Å². The van der Waals surface area contributed by atoms with Crippen molar-refractivity contribution in [2.45, 2.75) is 19.2 Å². The molecule has 0 fully saturated rings. The van der Waals surface area contributed by atoms with Crippen LogP contribution in [0, 0.1) is 0 Å². The number of para-hydroxylation sites is 1. The summed E-state index contributed by atoms with van der Waals surface area (Å²) >= 11 is 0. The molecule has 0 unspecified atom stereocenters. The van der Waals surface area contributed by atoms with E-state index in [0.29, 0.717) is 5.75 Å². The van der Waals surface area contributed by atoms with Crippen LogP contribution in [0.25, 0.3) is 0 Å². The summed E-state index contributed by atoms with van der Waals surface area (Å²) in [6.07, 6.45) is 0. The summed E-state index contributed by atoms with van der Waals surface area (Å²) in [4.78, 5) is 18.0. The van der Waals surface area contributed by atoms with Gasteiger partial charge in [-0.15, -0.1) is 0 Å². The molecule has 4 nitrogen and oxygen atoms in total. The van der Waals surface area contributed by atoms with Gasteiger partial charge in [0.25, 0.3) is 0 Å². The van der Waals surface area contributed by atoms with E-state index < -0.39 is 12.9 Å². The first kappa shape index (κ1) is 11.2. The lowest BCUT2D eigenvalue weighted by atomic mass is 10.3. The Morgan fingerprint density at radius 3 is 2.14 bits per heavy atom. The summed E-state index contributed by atoms with van der Waals surface area (Å²) in [6, 6.07) is 8.59. The van der Waals surface area contributed by atoms with Gasteiger partial charge >= 0.3 is 7.60 Å². The Labute approximate surface area is 82.7 Å². The molecule has 0 radical (unpaired) electrons. The van der Waals surface area contributed by atoms with Gasteiger partial charge in [0, 0.05) is 0 Å². The molecule has 0 spiro atoms. The highest BCUT2D eigenvalue weighted by molar-refractivity contribution is 7.53. The maximum atomic E-state index is 11.0. The number of ether oxygens (including phenoxy) is 1. The maximum absolute atomic E-state index is 11.0. The van der Waals surface area contributed by atoms with Crippen molar-refractivity contribution in [2.75, 3.05) is 0 Å². The second-order valence-corrected chi connectivity index (χ2v) is 5.57. The van der Waals surface area contributed by atoms with Gasteiger partial charge in [0.1, 0.15) is 5.75 Å². The molecule has 0 amide bonds. The van der Waals surface area contributed by atoms with E-state index in [1.807, 2.05) is 0 Å². The van der Waals surface area contributed by atoms with E-state index >= 15 is 0 Å². The van der Waals surface area contributed by atoms with E-state index in [2.05, 4.69) is 0 Å². The molecule has 0 bridgehead atoms. The van der Waals surface area contributed by atoms with Gasteiger partial charge in [0.2, 0.25) is 5.34 Å². The van der Waals surface area contributed by atoms with E-state index in [1.165, 1.54) is 13.8 Å². The summed E-state index contributed by atoms with van der Waals surface area (Å²) in [5, 5.41) is -1.49. The number of benzene rings is 1. The zero-order valence-corrected chi connectivity index (χ0v) is 8.94. The molecule has 0 aromatic heterocycles. The van der Waals surface area contributed by atoms with Crippen LogP contribution in [0.1, 0.15) is 13.8 Å². The van der Waals surface area contributed by atoms with Crippen LogP contribution >= 0.6 is 7.60 Å². The standard InChI is InChI=1S/C9H13O4P/c1-9(2,14(10,11)12)13-8-6-4-3-5-7-8/h3-7H,1-2H3,(H2,10,11,12). The van der Waals surface area contributed by atoms with E-state index in [-0.39, 0.29) is 0 Å². The van der Waals surface area contributed by atoms with Crippen LogP contribution in [0.2, 0.25) is 0 Å². The molecule has 5 heteroatoms. The zero-order valence-electron chi connectivity index (χ0n) is 8.04. The Hall–Kier alpha value is -0.830. The van der Waals surface area contributed by atoms with Gasteiger partial charge in [0.15, 0.2) is 0 Å². The molecule has 0 aliphatic heterocycles. The average molecular weight is 216 g/mol.